The summed E-state index contributed by atoms with van der Waals surface area (Å²) in [6, 6.07) is 8.30. The number of halogens is 2. The lowest BCUT2D eigenvalue weighted by Gasteiger charge is -2.08. The molecule has 0 amide bonds. The highest BCUT2D eigenvalue weighted by atomic mass is 35.6. The third-order valence-corrected chi connectivity index (χ3v) is 4.99. The van der Waals surface area contributed by atoms with Crippen molar-refractivity contribution in [2.75, 3.05) is 0 Å². The number of hydrogen-bond acceptors (Lipinski definition) is 0. The highest BCUT2D eigenvalue weighted by Gasteiger charge is 2.12. The van der Waals surface area contributed by atoms with E-state index < -0.39 is 14.8 Å². The monoisotopic (exact) mass is 314 g/mol. The van der Waals surface area contributed by atoms with Crippen LogP contribution in [0.25, 0.3) is 12.2 Å². The van der Waals surface area contributed by atoms with Gasteiger partial charge in [-0.1, -0.05) is 74.0 Å². The predicted octanol–water partition coefficient (Wildman–Crippen LogP) is 5.68. The van der Waals surface area contributed by atoms with Gasteiger partial charge in [0.2, 0.25) is 0 Å². The molecule has 1 aromatic rings. The molecule has 98 valence electrons. The Bertz CT molecular complexity index is 409. The van der Waals surface area contributed by atoms with Gasteiger partial charge in [0.1, 0.15) is 0 Å². The van der Waals surface area contributed by atoms with Crippen LogP contribution in [0.15, 0.2) is 35.7 Å². The van der Waals surface area contributed by atoms with Crippen LogP contribution >= 0.6 is 22.2 Å². The summed E-state index contributed by atoms with van der Waals surface area (Å²) in [5.41, 5.74) is 6.68. The van der Waals surface area contributed by atoms with Gasteiger partial charge in [0.25, 0.3) is 0 Å². The van der Waals surface area contributed by atoms with Gasteiger partial charge >= 0.3 is 0 Å². The smallest absolute Gasteiger partial charge is 0.162 e. The maximum absolute atomic E-state index is 6.30. The third-order valence-electron chi connectivity index (χ3n) is 2.31. The minimum absolute atomic E-state index is 1.20. The summed E-state index contributed by atoms with van der Waals surface area (Å²) in [7, 11) is -3.34. The van der Waals surface area contributed by atoms with Gasteiger partial charge in [-0.25, -0.2) is 0 Å². The quantitative estimate of drug-likeness (QED) is 0.495. The van der Waals surface area contributed by atoms with E-state index in [2.05, 4.69) is 61.9 Å². The van der Waals surface area contributed by atoms with Gasteiger partial charge in [0.05, 0.1) is 0 Å². The van der Waals surface area contributed by atoms with Gasteiger partial charge in [0, 0.05) is 0 Å². The average molecular weight is 315 g/mol. The molecule has 0 saturated carbocycles. The topological polar surface area (TPSA) is 0 Å². The highest BCUT2D eigenvalue weighted by Crippen LogP contribution is 2.18. The fourth-order valence-electron chi connectivity index (χ4n) is 1.39. The number of rotatable bonds is 4. The average Bonchev–Trinajstić information content (AvgIpc) is 2.22. The van der Waals surface area contributed by atoms with Crippen molar-refractivity contribution in [1.29, 1.82) is 0 Å². The first-order chi connectivity index (χ1) is 8.17. The second-order valence-electron chi connectivity index (χ2n) is 5.42. The number of benzene rings is 1. The molecule has 0 aromatic heterocycles. The Hall–Kier alpha value is -0.286. The molecule has 0 unspecified atom stereocenters. The Morgan fingerprint density at radius 3 is 1.39 bits per heavy atom. The number of hydrogen-bond donors (Lipinski definition) is 0. The molecule has 0 aliphatic heterocycles. The molecule has 0 aliphatic rings. The van der Waals surface area contributed by atoms with Crippen molar-refractivity contribution in [3.8, 4) is 0 Å². The molecule has 0 nitrogen and oxygen atoms in total. The minimum Gasteiger partial charge on any atom is -0.162 e. The van der Waals surface area contributed by atoms with Crippen LogP contribution in [0.3, 0.4) is 0 Å². The van der Waals surface area contributed by atoms with Crippen LogP contribution in [0.5, 0.6) is 0 Å². The molecule has 0 saturated heterocycles. The van der Waals surface area contributed by atoms with Crippen molar-refractivity contribution in [3.05, 3.63) is 46.8 Å². The maximum Gasteiger partial charge on any atom is 0.173 e. The van der Waals surface area contributed by atoms with Crippen LogP contribution in [0.2, 0.25) is 26.2 Å². The van der Waals surface area contributed by atoms with Crippen molar-refractivity contribution >= 4 is 49.1 Å². The van der Waals surface area contributed by atoms with Crippen LogP contribution in [0.4, 0.5) is 0 Å². The fraction of sp³-hybridized carbons (Fsp3) is 0.286. The molecule has 0 bridgehead atoms. The lowest BCUT2D eigenvalue weighted by atomic mass is 10.1. The molecule has 0 atom stereocenters. The molecule has 0 heterocycles. The first kappa shape index (κ1) is 15.8. The molecule has 0 fully saturated rings. The van der Waals surface area contributed by atoms with Crippen molar-refractivity contribution in [2.45, 2.75) is 26.2 Å². The lowest BCUT2D eigenvalue weighted by Crippen LogP contribution is -2.11. The van der Waals surface area contributed by atoms with Gasteiger partial charge in [-0.2, -0.15) is 22.2 Å². The van der Waals surface area contributed by atoms with Crippen LogP contribution in [0.1, 0.15) is 11.1 Å². The second-order valence-corrected chi connectivity index (χ2v) is 18.2. The van der Waals surface area contributed by atoms with Crippen molar-refractivity contribution in [2.24, 2.45) is 0 Å². The first-order valence-corrected chi connectivity index (χ1v) is 14.2. The summed E-state index contributed by atoms with van der Waals surface area (Å²) in [6.07, 6.45) is 4.25. The van der Waals surface area contributed by atoms with Crippen LogP contribution in [-0.4, -0.2) is 14.8 Å². The normalized spacial score (nSPS) is 13.7. The standard InChI is InChI=1S/C14H20Cl2Si2/c1-17(2,15)11-9-13-7-5-6-8-14(13)10-12-18(3,4)16/h5-12H,1-4H3. The summed E-state index contributed by atoms with van der Waals surface area (Å²) < 4.78 is 0. The summed E-state index contributed by atoms with van der Waals surface area (Å²) in [4.78, 5) is 0. The minimum atomic E-state index is -1.67. The molecule has 0 radical (unpaired) electrons. The zero-order valence-corrected chi connectivity index (χ0v) is 14.9. The molecular formula is C14H20Cl2Si2. The Labute approximate surface area is 122 Å². The SMILES string of the molecule is C[Si](C)(Cl)C=Cc1ccccc1C=C[Si](C)(C)Cl. The van der Waals surface area contributed by atoms with Crippen LogP contribution in [-0.2, 0) is 0 Å². The second kappa shape index (κ2) is 6.24. The van der Waals surface area contributed by atoms with Crippen molar-refractivity contribution in [1.82, 2.24) is 0 Å². The van der Waals surface area contributed by atoms with E-state index in [1.165, 1.54) is 11.1 Å². The van der Waals surface area contributed by atoms with Gasteiger partial charge in [0.15, 0.2) is 14.8 Å². The molecule has 1 rings (SSSR count). The highest BCUT2D eigenvalue weighted by molar-refractivity contribution is 7.22. The van der Waals surface area contributed by atoms with Gasteiger partial charge in [-0.05, 0) is 11.1 Å². The molecule has 18 heavy (non-hydrogen) atoms. The van der Waals surface area contributed by atoms with E-state index in [0.29, 0.717) is 0 Å². The molecular weight excluding hydrogens is 295 g/mol. The van der Waals surface area contributed by atoms with Crippen molar-refractivity contribution < 1.29 is 0 Å². The maximum atomic E-state index is 6.30. The predicted molar refractivity (Wildman–Crippen MR) is 91.2 cm³/mol. The van der Waals surface area contributed by atoms with Crippen LogP contribution < -0.4 is 0 Å². The first-order valence-electron chi connectivity index (χ1n) is 6.03. The molecule has 1 aromatic carbocycles. The summed E-state index contributed by atoms with van der Waals surface area (Å²) >= 11 is 12.6. The Morgan fingerprint density at radius 1 is 0.778 bits per heavy atom. The molecule has 0 aliphatic carbocycles. The van der Waals surface area contributed by atoms with Crippen molar-refractivity contribution in [3.63, 3.8) is 0 Å². The third kappa shape index (κ3) is 6.59. The van der Waals surface area contributed by atoms with E-state index in [0.717, 1.165) is 0 Å². The van der Waals surface area contributed by atoms with E-state index in [1.807, 2.05) is 12.1 Å². The lowest BCUT2D eigenvalue weighted by molar-refractivity contribution is 1.61. The van der Waals surface area contributed by atoms with E-state index in [1.54, 1.807) is 0 Å². The zero-order valence-electron chi connectivity index (χ0n) is 11.4. The Balaban J connectivity index is 3.01. The molecule has 0 N–H and O–H groups in total. The van der Waals surface area contributed by atoms with Crippen LogP contribution in [0, 0.1) is 0 Å². The van der Waals surface area contributed by atoms with Gasteiger partial charge < -0.3 is 0 Å². The largest absolute Gasteiger partial charge is 0.173 e. The van der Waals surface area contributed by atoms with E-state index in [9.17, 15) is 0 Å². The van der Waals surface area contributed by atoms with E-state index in [4.69, 9.17) is 22.2 Å². The van der Waals surface area contributed by atoms with E-state index in [-0.39, 0.29) is 0 Å². The summed E-state index contributed by atoms with van der Waals surface area (Å²) in [6.45, 7) is 8.44. The fourth-order valence-corrected chi connectivity index (χ4v) is 2.92. The molecule has 4 heteroatoms. The Morgan fingerprint density at radius 2 is 1.11 bits per heavy atom. The Kier molecular flexibility index (Phi) is 5.47. The molecule has 0 spiro atoms. The summed E-state index contributed by atoms with van der Waals surface area (Å²) in [5.74, 6) is 0. The van der Waals surface area contributed by atoms with Gasteiger partial charge in [-0.3, -0.25) is 0 Å². The van der Waals surface area contributed by atoms with Gasteiger partial charge in [-0.15, -0.1) is 0 Å². The van der Waals surface area contributed by atoms with E-state index >= 15 is 0 Å². The summed E-state index contributed by atoms with van der Waals surface area (Å²) in [5, 5.41) is 0. The zero-order chi connectivity index (χ0) is 13.8.